The summed E-state index contributed by atoms with van der Waals surface area (Å²) in [6.45, 7) is 7.73. The summed E-state index contributed by atoms with van der Waals surface area (Å²) in [7, 11) is 0. The molecule has 1 heterocycles. The summed E-state index contributed by atoms with van der Waals surface area (Å²) < 4.78 is 11.0. The summed E-state index contributed by atoms with van der Waals surface area (Å²) in [5, 5.41) is 3.73. The van der Waals surface area contributed by atoms with E-state index >= 15 is 0 Å². The van der Waals surface area contributed by atoms with E-state index in [4.69, 9.17) is 9.15 Å². The van der Waals surface area contributed by atoms with E-state index < -0.39 is 12.0 Å². The largest absolute Gasteiger partial charge is 0.457 e. The van der Waals surface area contributed by atoms with Gasteiger partial charge >= 0.3 is 5.97 Å². The first kappa shape index (κ1) is 18.0. The van der Waals surface area contributed by atoms with Crippen molar-refractivity contribution >= 4 is 22.8 Å². The third kappa shape index (κ3) is 4.85. The van der Waals surface area contributed by atoms with Crippen molar-refractivity contribution < 1.29 is 18.7 Å². The molecule has 1 aromatic heterocycles. The van der Waals surface area contributed by atoms with Gasteiger partial charge < -0.3 is 14.5 Å². The van der Waals surface area contributed by atoms with E-state index in [0.29, 0.717) is 12.2 Å². The Morgan fingerprint density at radius 1 is 1.17 bits per heavy atom. The standard InChI is InChI=1S/C19H25NO4/c1-12(2)9-17(21)20-18(13(3)4)19(22)23-11-15-10-14-7-5-6-8-16(14)24-15/h5-8,10,12-13,18H,9,11H2,1-4H3,(H,20,21). The predicted molar refractivity (Wildman–Crippen MR) is 92.2 cm³/mol. The van der Waals surface area contributed by atoms with Gasteiger partial charge in [0, 0.05) is 11.8 Å². The molecular weight excluding hydrogens is 306 g/mol. The quantitative estimate of drug-likeness (QED) is 0.786. The average Bonchev–Trinajstić information content (AvgIpc) is 2.92. The van der Waals surface area contributed by atoms with Crippen LogP contribution in [0.5, 0.6) is 0 Å². The maximum atomic E-state index is 12.3. The van der Waals surface area contributed by atoms with Crippen molar-refractivity contribution in [1.29, 1.82) is 0 Å². The predicted octanol–water partition coefficient (Wildman–Crippen LogP) is 3.66. The minimum Gasteiger partial charge on any atom is -0.457 e. The fourth-order valence-electron chi connectivity index (χ4n) is 2.44. The molecule has 1 aromatic carbocycles. The van der Waals surface area contributed by atoms with Gasteiger partial charge in [0.2, 0.25) is 5.91 Å². The molecule has 0 aliphatic rings. The number of amides is 1. The van der Waals surface area contributed by atoms with Crippen LogP contribution < -0.4 is 5.32 Å². The summed E-state index contributed by atoms with van der Waals surface area (Å²) in [5.41, 5.74) is 0.759. The molecule has 0 aliphatic heterocycles. The van der Waals surface area contributed by atoms with E-state index in [2.05, 4.69) is 5.32 Å². The number of benzene rings is 1. The molecule has 0 saturated heterocycles. The number of ether oxygens (including phenoxy) is 1. The number of hydrogen-bond acceptors (Lipinski definition) is 4. The van der Waals surface area contributed by atoms with Gasteiger partial charge in [-0.15, -0.1) is 0 Å². The molecule has 1 unspecified atom stereocenters. The van der Waals surface area contributed by atoms with Crippen LogP contribution in [-0.2, 0) is 20.9 Å². The highest BCUT2D eigenvalue weighted by Crippen LogP contribution is 2.19. The van der Waals surface area contributed by atoms with Crippen LogP contribution in [0.2, 0.25) is 0 Å². The van der Waals surface area contributed by atoms with Crippen molar-refractivity contribution in [2.45, 2.75) is 46.8 Å². The lowest BCUT2D eigenvalue weighted by Gasteiger charge is -2.21. The molecule has 5 nitrogen and oxygen atoms in total. The summed E-state index contributed by atoms with van der Waals surface area (Å²) >= 11 is 0. The van der Waals surface area contributed by atoms with Crippen LogP contribution in [0.25, 0.3) is 11.0 Å². The van der Waals surface area contributed by atoms with Crippen molar-refractivity contribution in [3.63, 3.8) is 0 Å². The second-order valence-electron chi connectivity index (χ2n) is 6.75. The van der Waals surface area contributed by atoms with Gasteiger partial charge in [-0.1, -0.05) is 45.9 Å². The molecule has 130 valence electrons. The topological polar surface area (TPSA) is 68.5 Å². The monoisotopic (exact) mass is 331 g/mol. The summed E-state index contributed by atoms with van der Waals surface area (Å²) in [6.07, 6.45) is 0.389. The summed E-state index contributed by atoms with van der Waals surface area (Å²) in [5.74, 6) is 0.196. The Labute approximate surface area is 142 Å². The van der Waals surface area contributed by atoms with Gasteiger partial charge in [-0.2, -0.15) is 0 Å². The first-order chi connectivity index (χ1) is 11.4. The van der Waals surface area contributed by atoms with Gasteiger partial charge in [-0.25, -0.2) is 4.79 Å². The van der Waals surface area contributed by atoms with Crippen LogP contribution >= 0.6 is 0 Å². The Morgan fingerprint density at radius 2 is 1.88 bits per heavy atom. The lowest BCUT2D eigenvalue weighted by molar-refractivity contribution is -0.151. The number of furan rings is 1. The third-order valence-electron chi connectivity index (χ3n) is 3.66. The number of hydrogen-bond donors (Lipinski definition) is 1. The van der Waals surface area contributed by atoms with Gasteiger partial charge in [-0.05, 0) is 24.0 Å². The molecule has 2 aromatic rings. The molecule has 24 heavy (non-hydrogen) atoms. The Hall–Kier alpha value is -2.30. The van der Waals surface area contributed by atoms with Crippen molar-refractivity contribution in [2.24, 2.45) is 11.8 Å². The van der Waals surface area contributed by atoms with E-state index in [1.807, 2.05) is 58.0 Å². The summed E-state index contributed by atoms with van der Waals surface area (Å²) in [4.78, 5) is 24.2. The van der Waals surface area contributed by atoms with E-state index in [-0.39, 0.29) is 24.3 Å². The maximum absolute atomic E-state index is 12.3. The molecular formula is C19H25NO4. The van der Waals surface area contributed by atoms with E-state index in [0.717, 1.165) is 11.0 Å². The molecule has 1 atom stereocenters. The lowest BCUT2D eigenvalue weighted by atomic mass is 10.0. The van der Waals surface area contributed by atoms with Crippen LogP contribution in [-0.4, -0.2) is 17.9 Å². The van der Waals surface area contributed by atoms with Crippen molar-refractivity contribution in [2.75, 3.05) is 0 Å². The van der Waals surface area contributed by atoms with Crippen molar-refractivity contribution in [3.05, 3.63) is 36.1 Å². The van der Waals surface area contributed by atoms with Gasteiger partial charge in [0.05, 0.1) is 0 Å². The first-order valence-corrected chi connectivity index (χ1v) is 8.30. The smallest absolute Gasteiger partial charge is 0.329 e. The van der Waals surface area contributed by atoms with Gasteiger partial charge in [-0.3, -0.25) is 4.79 Å². The van der Waals surface area contributed by atoms with E-state index in [1.165, 1.54) is 0 Å². The Bertz CT molecular complexity index is 669. The molecule has 0 radical (unpaired) electrons. The number of para-hydroxylation sites is 1. The number of carbonyl (C=O) groups excluding carboxylic acids is 2. The molecule has 1 amide bonds. The Morgan fingerprint density at radius 3 is 2.50 bits per heavy atom. The van der Waals surface area contributed by atoms with Crippen molar-refractivity contribution in [1.82, 2.24) is 5.32 Å². The zero-order valence-electron chi connectivity index (χ0n) is 14.7. The molecule has 0 spiro atoms. The zero-order chi connectivity index (χ0) is 17.7. The van der Waals surface area contributed by atoms with Gasteiger partial charge in [0.15, 0.2) is 0 Å². The molecule has 2 rings (SSSR count). The highest BCUT2D eigenvalue weighted by atomic mass is 16.5. The Kier molecular flexibility index (Phi) is 6.01. The van der Waals surface area contributed by atoms with Gasteiger partial charge in [0.1, 0.15) is 24.0 Å². The number of nitrogens with one attached hydrogen (secondary N) is 1. The second-order valence-corrected chi connectivity index (χ2v) is 6.75. The zero-order valence-corrected chi connectivity index (χ0v) is 14.7. The number of rotatable bonds is 7. The van der Waals surface area contributed by atoms with Crippen molar-refractivity contribution in [3.8, 4) is 0 Å². The van der Waals surface area contributed by atoms with E-state index in [1.54, 1.807) is 0 Å². The normalized spacial score (nSPS) is 12.6. The fourth-order valence-corrected chi connectivity index (χ4v) is 2.44. The van der Waals surface area contributed by atoms with Gasteiger partial charge in [0.25, 0.3) is 0 Å². The van der Waals surface area contributed by atoms with Crippen LogP contribution in [0.3, 0.4) is 0 Å². The first-order valence-electron chi connectivity index (χ1n) is 8.30. The fraction of sp³-hybridized carbons (Fsp3) is 0.474. The number of carbonyl (C=O) groups is 2. The molecule has 5 heteroatoms. The highest BCUT2D eigenvalue weighted by molar-refractivity contribution is 5.84. The SMILES string of the molecule is CC(C)CC(=O)NC(C(=O)OCc1cc2ccccc2o1)C(C)C. The maximum Gasteiger partial charge on any atom is 0.329 e. The minimum absolute atomic E-state index is 0.0516. The molecule has 0 saturated carbocycles. The number of fused-ring (bicyclic) bond motifs is 1. The molecule has 0 fully saturated rings. The van der Waals surface area contributed by atoms with Crippen LogP contribution in [0.4, 0.5) is 0 Å². The van der Waals surface area contributed by atoms with Crippen LogP contribution in [0.15, 0.2) is 34.7 Å². The van der Waals surface area contributed by atoms with E-state index in [9.17, 15) is 9.59 Å². The van der Waals surface area contributed by atoms with Crippen LogP contribution in [0.1, 0.15) is 39.9 Å². The second kappa shape index (κ2) is 7.99. The average molecular weight is 331 g/mol. The Balaban J connectivity index is 1.96. The minimum atomic E-state index is -0.652. The molecule has 0 aliphatic carbocycles. The number of esters is 1. The lowest BCUT2D eigenvalue weighted by Crippen LogP contribution is -2.45. The van der Waals surface area contributed by atoms with Crippen LogP contribution in [0, 0.1) is 11.8 Å². The molecule has 1 N–H and O–H groups in total. The summed E-state index contributed by atoms with van der Waals surface area (Å²) in [6, 6.07) is 8.81. The molecule has 0 bridgehead atoms. The third-order valence-corrected chi connectivity index (χ3v) is 3.66. The highest BCUT2D eigenvalue weighted by Gasteiger charge is 2.26.